The molecule has 0 bridgehead atoms. The molecule has 112 valence electrons. The Labute approximate surface area is 134 Å². The van der Waals surface area contributed by atoms with Gasteiger partial charge in [0.2, 0.25) is 11.8 Å². The number of aromatic nitrogens is 3. The highest BCUT2D eigenvalue weighted by Gasteiger charge is 2.14. The molecule has 8 heteroatoms. The fourth-order valence-corrected chi connectivity index (χ4v) is 1.93. The van der Waals surface area contributed by atoms with Gasteiger partial charge in [-0.15, -0.1) is 24.8 Å². The van der Waals surface area contributed by atoms with Gasteiger partial charge in [0.25, 0.3) is 0 Å². The normalized spacial score (nSPS) is 13.5. The number of H-pyrrole nitrogens is 1. The monoisotopic (exact) mass is 327 g/mol. The maximum Gasteiger partial charge on any atom is 0.238 e. The number of pyridine rings is 1. The molecule has 3 rings (SSSR count). The van der Waals surface area contributed by atoms with Crippen molar-refractivity contribution in [2.75, 3.05) is 11.9 Å². The Morgan fingerprint density at radius 2 is 2.19 bits per heavy atom. The lowest BCUT2D eigenvalue weighted by Gasteiger charge is -1.97. The average Bonchev–Trinajstić information content (AvgIpc) is 2.96. The Morgan fingerprint density at radius 1 is 1.38 bits per heavy atom. The third-order valence-corrected chi connectivity index (χ3v) is 2.78. The molecule has 1 aliphatic heterocycles. The molecular weight excluding hydrogens is 313 g/mol. The van der Waals surface area contributed by atoms with Gasteiger partial charge in [0.15, 0.2) is 5.82 Å². The van der Waals surface area contributed by atoms with E-state index in [1.165, 1.54) is 0 Å². The van der Waals surface area contributed by atoms with Gasteiger partial charge in [-0.05, 0) is 25.1 Å². The predicted molar refractivity (Wildman–Crippen MR) is 89.2 cm³/mol. The van der Waals surface area contributed by atoms with Crippen LogP contribution in [0.25, 0.3) is 11.6 Å². The van der Waals surface area contributed by atoms with E-state index in [2.05, 4.69) is 25.3 Å². The number of hydrogen-bond acceptors (Lipinski definition) is 5. The first-order valence-corrected chi connectivity index (χ1v) is 6.02. The van der Waals surface area contributed by atoms with E-state index in [0.717, 1.165) is 17.7 Å². The second kappa shape index (κ2) is 7.10. The number of halogens is 2. The average molecular weight is 328 g/mol. The van der Waals surface area contributed by atoms with E-state index in [4.69, 9.17) is 0 Å². The molecule has 0 aromatic carbocycles. The molecule has 3 heterocycles. The van der Waals surface area contributed by atoms with Gasteiger partial charge in [-0.25, -0.2) is 9.98 Å². The summed E-state index contributed by atoms with van der Waals surface area (Å²) in [5.41, 5.74) is 2.39. The number of fused-ring (bicyclic) bond motifs is 1. The van der Waals surface area contributed by atoms with Crippen molar-refractivity contribution in [3.05, 3.63) is 29.6 Å². The van der Waals surface area contributed by atoms with Gasteiger partial charge in [0, 0.05) is 30.1 Å². The minimum absolute atomic E-state index is 0. The van der Waals surface area contributed by atoms with E-state index in [-0.39, 0.29) is 30.7 Å². The zero-order valence-electron chi connectivity index (χ0n) is 11.2. The molecule has 1 aliphatic rings. The first-order chi connectivity index (χ1) is 9.28. The maximum absolute atomic E-state index is 9.78. The van der Waals surface area contributed by atoms with E-state index in [0.29, 0.717) is 17.5 Å². The molecule has 6 nitrogen and oxygen atoms in total. The van der Waals surface area contributed by atoms with E-state index < -0.39 is 0 Å². The van der Waals surface area contributed by atoms with Crippen molar-refractivity contribution in [1.82, 2.24) is 15.0 Å². The number of imidazole rings is 1. The van der Waals surface area contributed by atoms with E-state index in [1.54, 1.807) is 18.5 Å². The van der Waals surface area contributed by atoms with Gasteiger partial charge >= 0.3 is 0 Å². The van der Waals surface area contributed by atoms with Gasteiger partial charge in [0.1, 0.15) is 5.69 Å². The molecule has 0 radical (unpaired) electrons. The summed E-state index contributed by atoms with van der Waals surface area (Å²) in [4.78, 5) is 15.4. The summed E-state index contributed by atoms with van der Waals surface area (Å²) in [5.74, 6) is 1.21. The van der Waals surface area contributed by atoms with Crippen LogP contribution in [0.4, 0.5) is 11.8 Å². The Morgan fingerprint density at radius 3 is 2.95 bits per heavy atom. The van der Waals surface area contributed by atoms with Crippen LogP contribution in [0.15, 0.2) is 23.3 Å². The zero-order valence-corrected chi connectivity index (χ0v) is 12.8. The van der Waals surface area contributed by atoms with Crippen LogP contribution in [0.1, 0.15) is 18.2 Å². The lowest BCUT2D eigenvalue weighted by Crippen LogP contribution is -1.97. The van der Waals surface area contributed by atoms with Crippen molar-refractivity contribution in [2.45, 2.75) is 6.92 Å². The molecule has 0 amide bonds. The van der Waals surface area contributed by atoms with Crippen LogP contribution in [0.3, 0.4) is 0 Å². The number of aromatic hydroxyl groups is 1. The summed E-state index contributed by atoms with van der Waals surface area (Å²) in [6.45, 7) is 2.69. The summed E-state index contributed by atoms with van der Waals surface area (Å²) in [5, 5.41) is 12.8. The molecule has 3 N–H and O–H groups in total. The second-order valence-electron chi connectivity index (χ2n) is 4.09. The molecule has 21 heavy (non-hydrogen) atoms. The summed E-state index contributed by atoms with van der Waals surface area (Å²) < 4.78 is 0. The highest BCUT2D eigenvalue weighted by molar-refractivity contribution is 6.20. The number of allylic oxidation sites excluding steroid dienone is 1. The SMILES string of the molecule is CCNc1nc(O)c(/C=C2\C=Nc3ncccc32)[nH]1.Cl.Cl. The summed E-state index contributed by atoms with van der Waals surface area (Å²) in [6, 6.07) is 3.80. The van der Waals surface area contributed by atoms with Crippen molar-refractivity contribution in [1.29, 1.82) is 0 Å². The predicted octanol–water partition coefficient (Wildman–Crippen LogP) is 3.04. The molecule has 0 atom stereocenters. The van der Waals surface area contributed by atoms with Gasteiger partial charge in [-0.1, -0.05) is 0 Å². The minimum Gasteiger partial charge on any atom is -0.492 e. The lowest BCUT2D eigenvalue weighted by atomic mass is 10.1. The molecule has 0 aliphatic carbocycles. The number of hydrogen-bond donors (Lipinski definition) is 3. The van der Waals surface area contributed by atoms with Crippen LogP contribution in [0, 0.1) is 0 Å². The fraction of sp³-hybridized carbons (Fsp3) is 0.154. The van der Waals surface area contributed by atoms with Gasteiger partial charge < -0.3 is 15.4 Å². The van der Waals surface area contributed by atoms with Crippen molar-refractivity contribution in [3.8, 4) is 5.88 Å². The van der Waals surface area contributed by atoms with Gasteiger partial charge in [-0.3, -0.25) is 0 Å². The first-order valence-electron chi connectivity index (χ1n) is 6.02. The fourth-order valence-electron chi connectivity index (χ4n) is 1.93. The van der Waals surface area contributed by atoms with Crippen LogP contribution < -0.4 is 5.32 Å². The summed E-state index contributed by atoms with van der Waals surface area (Å²) in [6.07, 6.45) is 5.24. The topological polar surface area (TPSA) is 86.2 Å². The van der Waals surface area contributed by atoms with Gasteiger partial charge in [0.05, 0.1) is 0 Å². The number of anilines is 1. The molecule has 0 fully saturated rings. The third-order valence-electron chi connectivity index (χ3n) is 2.78. The van der Waals surface area contributed by atoms with Crippen molar-refractivity contribution < 1.29 is 5.11 Å². The number of nitrogens with one attached hydrogen (secondary N) is 2. The Balaban J connectivity index is 0.00000110. The van der Waals surface area contributed by atoms with Crippen molar-refractivity contribution >= 4 is 54.4 Å². The van der Waals surface area contributed by atoms with E-state index in [1.807, 2.05) is 19.1 Å². The van der Waals surface area contributed by atoms with Crippen molar-refractivity contribution in [2.24, 2.45) is 4.99 Å². The van der Waals surface area contributed by atoms with E-state index >= 15 is 0 Å². The molecule has 0 saturated carbocycles. The Bertz CT molecular complexity index is 681. The van der Waals surface area contributed by atoms with Crippen LogP contribution in [0.2, 0.25) is 0 Å². The second-order valence-corrected chi connectivity index (χ2v) is 4.09. The third kappa shape index (κ3) is 3.34. The number of rotatable bonds is 3. The molecule has 0 unspecified atom stereocenters. The van der Waals surface area contributed by atoms with E-state index in [9.17, 15) is 5.11 Å². The maximum atomic E-state index is 9.78. The highest BCUT2D eigenvalue weighted by atomic mass is 35.5. The Kier molecular flexibility index (Phi) is 5.75. The Hall–Kier alpha value is -2.05. The van der Waals surface area contributed by atoms with Crippen LogP contribution in [0.5, 0.6) is 5.88 Å². The summed E-state index contributed by atoms with van der Waals surface area (Å²) >= 11 is 0. The lowest BCUT2D eigenvalue weighted by molar-refractivity contribution is 0.455. The minimum atomic E-state index is -0.0332. The molecule has 0 saturated heterocycles. The summed E-state index contributed by atoms with van der Waals surface area (Å²) in [7, 11) is 0. The van der Waals surface area contributed by atoms with Gasteiger partial charge in [-0.2, -0.15) is 4.98 Å². The molecular formula is C13H15Cl2N5O. The molecule has 2 aromatic heterocycles. The zero-order chi connectivity index (χ0) is 13.2. The quantitative estimate of drug-likeness (QED) is 0.808. The van der Waals surface area contributed by atoms with Crippen LogP contribution in [-0.2, 0) is 0 Å². The van der Waals surface area contributed by atoms with Crippen LogP contribution >= 0.6 is 24.8 Å². The van der Waals surface area contributed by atoms with Crippen LogP contribution in [-0.4, -0.2) is 32.8 Å². The smallest absolute Gasteiger partial charge is 0.238 e. The largest absolute Gasteiger partial charge is 0.492 e. The number of aromatic amines is 1. The van der Waals surface area contributed by atoms with Crippen molar-refractivity contribution in [3.63, 3.8) is 0 Å². The standard InChI is InChI=1S/C13H13N5O.2ClH/c1-2-14-13-17-10(12(19)18-13)6-8-7-16-11-9(8)4-3-5-15-11;;/h3-7,19H,2H2,1H3,(H2,14,17,18);2*1H/b8-6+;;. The number of aliphatic imine (C=N–C) groups is 1. The molecule has 2 aromatic rings. The first kappa shape index (κ1) is 17.0. The highest BCUT2D eigenvalue weighted by Crippen LogP contribution is 2.31. The molecule has 0 spiro atoms. The number of nitrogens with zero attached hydrogens (tertiary/aromatic N) is 3.